The van der Waals surface area contributed by atoms with Gasteiger partial charge in [0.15, 0.2) is 16.6 Å². The van der Waals surface area contributed by atoms with E-state index in [1.807, 2.05) is 31.4 Å². The Morgan fingerprint density at radius 2 is 1.90 bits per heavy atom. The predicted molar refractivity (Wildman–Crippen MR) is 171 cm³/mol. The van der Waals surface area contributed by atoms with Crippen LogP contribution in [0.15, 0.2) is 39.1 Å². The van der Waals surface area contributed by atoms with Crippen molar-refractivity contribution >= 4 is 65.9 Å². The average molecular weight is 725 g/mol. The summed E-state index contributed by atoms with van der Waals surface area (Å²) in [6.07, 6.45) is 2.21. The Labute approximate surface area is 266 Å². The van der Waals surface area contributed by atoms with Gasteiger partial charge in [-0.2, -0.15) is 0 Å². The van der Waals surface area contributed by atoms with Crippen LogP contribution in [0.25, 0.3) is 11.3 Å². The topological polar surface area (TPSA) is 121 Å². The summed E-state index contributed by atoms with van der Waals surface area (Å²) in [5.41, 5.74) is 7.47. The molecular weight excluding hydrogens is 688 g/mol. The van der Waals surface area contributed by atoms with E-state index < -0.39 is 23.7 Å². The van der Waals surface area contributed by atoms with Crippen molar-refractivity contribution in [3.8, 4) is 11.3 Å². The zero-order valence-corrected chi connectivity index (χ0v) is 27.9. The lowest BCUT2D eigenvalue weighted by atomic mass is 9.94. The van der Waals surface area contributed by atoms with Crippen LogP contribution in [0, 0.1) is 11.8 Å². The van der Waals surface area contributed by atoms with Crippen LogP contribution in [-0.2, 0) is 14.3 Å². The largest absolute Gasteiger partial charge is 0.350 e. The molecule has 3 aliphatic heterocycles. The zero-order valence-electron chi connectivity index (χ0n) is 23.9. The number of nitrogens with zero attached hydrogens (tertiary/aromatic N) is 4. The Kier molecular flexibility index (Phi) is 9.55. The molecule has 1 aromatic heterocycles. The number of rotatable bonds is 8. The van der Waals surface area contributed by atoms with Gasteiger partial charge in [0.05, 0.1) is 9.09 Å². The summed E-state index contributed by atoms with van der Waals surface area (Å²) < 4.78 is 6.38. The minimum absolute atomic E-state index is 0.119. The van der Waals surface area contributed by atoms with Crippen LogP contribution in [0.1, 0.15) is 30.6 Å². The van der Waals surface area contributed by atoms with Crippen molar-refractivity contribution in [3.05, 3.63) is 44.7 Å². The van der Waals surface area contributed by atoms with Gasteiger partial charge in [-0.3, -0.25) is 14.4 Å². The number of anilines is 1. The van der Waals surface area contributed by atoms with Gasteiger partial charge >= 0.3 is 0 Å². The van der Waals surface area contributed by atoms with Crippen LogP contribution in [0.3, 0.4) is 0 Å². The number of piperazine rings is 1. The molecule has 4 heterocycles. The molecule has 4 atom stereocenters. The van der Waals surface area contributed by atoms with Gasteiger partial charge in [-0.15, -0.1) is 11.3 Å². The number of hydrogen-bond acceptors (Lipinski definition) is 9. The molecule has 0 spiro atoms. The molecule has 10 nitrogen and oxygen atoms in total. The van der Waals surface area contributed by atoms with E-state index in [1.165, 1.54) is 4.90 Å². The summed E-state index contributed by atoms with van der Waals surface area (Å²) in [6, 6.07) is 5.52. The first-order valence-corrected chi connectivity index (χ1v) is 16.5. The highest BCUT2D eigenvalue weighted by atomic mass is 79.9. The van der Waals surface area contributed by atoms with E-state index in [1.54, 1.807) is 29.5 Å². The molecule has 2 aromatic rings. The van der Waals surface area contributed by atoms with E-state index in [0.29, 0.717) is 15.4 Å². The van der Waals surface area contributed by atoms with Gasteiger partial charge < -0.3 is 30.5 Å². The number of ether oxygens (including phenoxy) is 1. The second kappa shape index (κ2) is 12.8. The van der Waals surface area contributed by atoms with E-state index in [2.05, 4.69) is 54.0 Å². The number of hydrogen-bond donors (Lipinski definition) is 2. The Balaban J connectivity index is 1.29. The third kappa shape index (κ3) is 6.51. The highest BCUT2D eigenvalue weighted by molar-refractivity contribution is 9.28. The molecule has 3 fully saturated rings. The van der Waals surface area contributed by atoms with E-state index in [-0.39, 0.29) is 36.7 Å². The minimum atomic E-state index is -1.32. The smallest absolute Gasteiger partial charge is 0.251 e. The number of Topliss-reactive ketones (excluding diaryl/α,β-unsaturated/α-hetero) is 1. The average Bonchev–Trinajstić information content (AvgIpc) is 3.63. The van der Waals surface area contributed by atoms with Crippen molar-refractivity contribution in [3.63, 3.8) is 0 Å². The van der Waals surface area contributed by atoms with Crippen molar-refractivity contribution in [2.75, 3.05) is 51.3 Å². The number of thiazole rings is 1. The molecule has 0 saturated carbocycles. The number of carbonyl (C=O) groups excluding carboxylic acids is 3. The summed E-state index contributed by atoms with van der Waals surface area (Å²) >= 11 is 8.33. The van der Waals surface area contributed by atoms with Crippen LogP contribution in [-0.4, -0.2) is 96.6 Å². The summed E-state index contributed by atoms with van der Waals surface area (Å²) in [5.74, 6) is -1.22. The van der Waals surface area contributed by atoms with Gasteiger partial charge in [-0.1, -0.05) is 32.1 Å². The molecule has 2 amide bonds. The van der Waals surface area contributed by atoms with E-state index >= 15 is 0 Å². The number of ketones is 1. The lowest BCUT2D eigenvalue weighted by Gasteiger charge is -2.32. The first kappa shape index (κ1) is 31.3. The quantitative estimate of drug-likeness (QED) is 0.426. The number of likely N-dealkylation sites (tertiary alicyclic amines) is 1. The van der Waals surface area contributed by atoms with Crippen molar-refractivity contribution in [2.45, 2.75) is 38.1 Å². The normalized spacial score (nSPS) is 25.1. The lowest BCUT2D eigenvalue weighted by molar-refractivity contribution is -0.139. The minimum Gasteiger partial charge on any atom is -0.350 e. The van der Waals surface area contributed by atoms with Crippen LogP contribution >= 0.6 is 43.2 Å². The lowest BCUT2D eigenvalue weighted by Crippen LogP contribution is -2.57. The van der Waals surface area contributed by atoms with Gasteiger partial charge in [0.25, 0.3) is 5.91 Å². The maximum absolute atomic E-state index is 13.9. The standard InChI is InChI=1S/C29H36Br2N6O4S/c1-17(2)12-21(27(40)37-14-20(13-24(30)31)29(32)25(37)23(38)15-41-29)33-26(39)19-6-4-18(5-7-19)22-16-42-28(34-22)36-10-8-35(3)9-11-36/h4-7,13,16-17,20-21,25H,8-12,14-15,32H2,1-3H3,(H,33,39)/t20?,21?,25-,29-/m1/s1. The summed E-state index contributed by atoms with van der Waals surface area (Å²) in [6.45, 7) is 7.96. The second-order valence-corrected chi connectivity index (χ2v) is 15.2. The maximum Gasteiger partial charge on any atom is 0.251 e. The molecule has 3 aliphatic rings. The van der Waals surface area contributed by atoms with Crippen molar-refractivity contribution in [1.29, 1.82) is 0 Å². The van der Waals surface area contributed by atoms with Gasteiger partial charge in [-0.05, 0) is 63.4 Å². The number of aromatic nitrogens is 1. The summed E-state index contributed by atoms with van der Waals surface area (Å²) in [7, 11) is 2.13. The highest BCUT2D eigenvalue weighted by Crippen LogP contribution is 2.40. The molecule has 0 radical (unpaired) electrons. The van der Waals surface area contributed by atoms with Crippen LogP contribution in [0.4, 0.5) is 5.13 Å². The molecule has 5 rings (SSSR count). The van der Waals surface area contributed by atoms with Gasteiger partial charge in [0, 0.05) is 55.1 Å². The number of halogens is 2. The number of nitrogens with one attached hydrogen (secondary N) is 1. The van der Waals surface area contributed by atoms with Crippen molar-refractivity contribution in [2.24, 2.45) is 17.6 Å². The zero-order chi connectivity index (χ0) is 30.2. The third-order valence-corrected chi connectivity index (χ3v) is 9.54. The van der Waals surface area contributed by atoms with Crippen molar-refractivity contribution < 1.29 is 19.1 Å². The molecule has 42 heavy (non-hydrogen) atoms. The Hall–Kier alpha value is -2.16. The van der Waals surface area contributed by atoms with Crippen molar-refractivity contribution in [1.82, 2.24) is 20.1 Å². The first-order valence-electron chi connectivity index (χ1n) is 14.1. The first-order chi connectivity index (χ1) is 20.0. The maximum atomic E-state index is 13.9. The molecule has 1 aromatic carbocycles. The predicted octanol–water partition coefficient (Wildman–Crippen LogP) is 3.42. The van der Waals surface area contributed by atoms with E-state index in [0.717, 1.165) is 42.6 Å². The summed E-state index contributed by atoms with van der Waals surface area (Å²) in [5, 5.41) is 5.98. The molecule has 226 valence electrons. The summed E-state index contributed by atoms with van der Waals surface area (Å²) in [4.78, 5) is 51.0. The second-order valence-electron chi connectivity index (χ2n) is 11.6. The fraction of sp³-hybridized carbons (Fsp3) is 0.517. The number of nitrogens with two attached hydrogens (primary N) is 1. The fourth-order valence-electron chi connectivity index (χ4n) is 5.81. The monoisotopic (exact) mass is 722 g/mol. The number of fused-ring (bicyclic) bond motifs is 1. The number of carbonyl (C=O) groups is 3. The van der Waals surface area contributed by atoms with Crippen LogP contribution < -0.4 is 16.0 Å². The molecule has 13 heteroatoms. The fourth-order valence-corrected chi connectivity index (χ4v) is 7.34. The molecule has 0 bridgehead atoms. The van der Waals surface area contributed by atoms with Gasteiger partial charge in [-0.25, -0.2) is 4.98 Å². The number of benzene rings is 1. The van der Waals surface area contributed by atoms with E-state index in [4.69, 9.17) is 15.5 Å². The molecule has 3 saturated heterocycles. The SMILES string of the molecule is CC(C)CC(NC(=O)c1ccc(-c2csc(N3CCN(C)CC3)n2)cc1)C(=O)N1CC(C=C(Br)Br)[C@@]2(N)OCC(=O)[C@@H]12. The molecular formula is C29H36Br2N6O4S. The number of amides is 2. The Bertz CT molecular complexity index is 1360. The number of likely N-dealkylation sites (N-methyl/N-ethyl adjacent to an activating group) is 1. The highest BCUT2D eigenvalue weighted by Gasteiger charge is 2.61. The van der Waals surface area contributed by atoms with E-state index in [9.17, 15) is 14.4 Å². The Morgan fingerprint density at radius 1 is 1.21 bits per heavy atom. The molecule has 2 unspecified atom stereocenters. The molecule has 3 N–H and O–H groups in total. The third-order valence-electron chi connectivity index (χ3n) is 8.11. The van der Waals surface area contributed by atoms with Gasteiger partial charge in [0.1, 0.15) is 18.7 Å². The van der Waals surface area contributed by atoms with Crippen LogP contribution in [0.2, 0.25) is 0 Å². The van der Waals surface area contributed by atoms with Crippen LogP contribution in [0.5, 0.6) is 0 Å². The Morgan fingerprint density at radius 3 is 2.55 bits per heavy atom. The van der Waals surface area contributed by atoms with Gasteiger partial charge in [0.2, 0.25) is 5.91 Å². The molecule has 0 aliphatic carbocycles.